The lowest BCUT2D eigenvalue weighted by Gasteiger charge is -2.31. The van der Waals surface area contributed by atoms with Gasteiger partial charge in [-0.3, -0.25) is 14.9 Å². The fourth-order valence-corrected chi connectivity index (χ4v) is 3.95. The standard InChI is InChI=1S/C22H22N6/c1-3-17(13-24-9-1)14-27-12-2-4-20(15-27)22-25-21-6-5-19(16-28(21)26-22)18-7-10-23-11-8-18/h1,3,5-11,13,16,20H,2,4,12,14-15H2/t20-/m0/s1. The van der Waals surface area contributed by atoms with Crippen molar-refractivity contribution in [1.82, 2.24) is 29.5 Å². The SMILES string of the molecule is c1cncc(CN2CCC[C@H](c3nc4ccc(-c5ccncc5)cn4n3)C2)c1. The molecule has 0 aromatic carbocycles. The molecule has 4 aromatic rings. The second kappa shape index (κ2) is 7.48. The molecule has 0 unspecified atom stereocenters. The fraction of sp³-hybridized carbons (Fsp3) is 0.273. The van der Waals surface area contributed by atoms with Gasteiger partial charge in [0.25, 0.3) is 0 Å². The Bertz CT molecular complexity index is 1060. The Morgan fingerprint density at radius 1 is 0.964 bits per heavy atom. The minimum atomic E-state index is 0.370. The van der Waals surface area contributed by atoms with Gasteiger partial charge in [0.15, 0.2) is 11.5 Å². The molecule has 6 heteroatoms. The van der Waals surface area contributed by atoms with Crippen molar-refractivity contribution >= 4 is 5.65 Å². The first-order valence-electron chi connectivity index (χ1n) is 9.73. The molecule has 1 atom stereocenters. The highest BCUT2D eigenvalue weighted by atomic mass is 15.3. The van der Waals surface area contributed by atoms with E-state index in [1.165, 1.54) is 12.0 Å². The topological polar surface area (TPSA) is 59.2 Å². The van der Waals surface area contributed by atoms with E-state index in [0.717, 1.165) is 48.7 Å². The maximum atomic E-state index is 4.81. The molecular weight excluding hydrogens is 348 g/mol. The van der Waals surface area contributed by atoms with Gasteiger partial charge >= 0.3 is 0 Å². The van der Waals surface area contributed by atoms with Gasteiger partial charge in [-0.05, 0) is 60.8 Å². The van der Waals surface area contributed by atoms with E-state index in [4.69, 9.17) is 10.1 Å². The second-order valence-corrected chi connectivity index (χ2v) is 7.36. The van der Waals surface area contributed by atoms with Gasteiger partial charge in [-0.1, -0.05) is 6.07 Å². The lowest BCUT2D eigenvalue weighted by atomic mass is 9.97. The molecule has 0 saturated carbocycles. The number of rotatable bonds is 4. The number of piperidine rings is 1. The van der Waals surface area contributed by atoms with Gasteiger partial charge in [-0.15, -0.1) is 0 Å². The predicted octanol–water partition coefficient (Wildman–Crippen LogP) is 3.57. The smallest absolute Gasteiger partial charge is 0.156 e. The first kappa shape index (κ1) is 17.0. The molecule has 0 amide bonds. The van der Waals surface area contributed by atoms with E-state index in [1.807, 2.05) is 53.6 Å². The van der Waals surface area contributed by atoms with E-state index in [1.54, 1.807) is 0 Å². The summed E-state index contributed by atoms with van der Waals surface area (Å²) >= 11 is 0. The van der Waals surface area contributed by atoms with Gasteiger partial charge in [-0.25, -0.2) is 9.50 Å². The maximum Gasteiger partial charge on any atom is 0.156 e. The van der Waals surface area contributed by atoms with Crippen molar-refractivity contribution in [3.63, 3.8) is 0 Å². The van der Waals surface area contributed by atoms with E-state index in [0.29, 0.717) is 5.92 Å². The van der Waals surface area contributed by atoms with Crippen molar-refractivity contribution < 1.29 is 0 Å². The molecule has 1 saturated heterocycles. The van der Waals surface area contributed by atoms with Crippen LogP contribution in [0.3, 0.4) is 0 Å². The zero-order chi connectivity index (χ0) is 18.8. The summed E-state index contributed by atoms with van der Waals surface area (Å²) in [6, 6.07) is 12.3. The van der Waals surface area contributed by atoms with Crippen molar-refractivity contribution in [2.24, 2.45) is 0 Å². The van der Waals surface area contributed by atoms with Gasteiger partial charge in [0.1, 0.15) is 0 Å². The van der Waals surface area contributed by atoms with Crippen LogP contribution in [0.5, 0.6) is 0 Å². The van der Waals surface area contributed by atoms with E-state index in [9.17, 15) is 0 Å². The second-order valence-electron chi connectivity index (χ2n) is 7.36. The average molecular weight is 370 g/mol. The fourth-order valence-electron chi connectivity index (χ4n) is 3.95. The molecule has 0 aliphatic carbocycles. The molecule has 1 fully saturated rings. The molecule has 0 radical (unpaired) electrons. The van der Waals surface area contributed by atoms with Crippen LogP contribution in [0.4, 0.5) is 0 Å². The molecule has 1 aliphatic heterocycles. The highest BCUT2D eigenvalue weighted by Gasteiger charge is 2.24. The number of nitrogens with zero attached hydrogens (tertiary/aromatic N) is 6. The monoisotopic (exact) mass is 370 g/mol. The van der Waals surface area contributed by atoms with E-state index in [2.05, 4.69) is 33.2 Å². The van der Waals surface area contributed by atoms with Crippen LogP contribution < -0.4 is 0 Å². The van der Waals surface area contributed by atoms with Crippen LogP contribution in [0, 0.1) is 0 Å². The first-order valence-corrected chi connectivity index (χ1v) is 9.73. The minimum Gasteiger partial charge on any atom is -0.298 e. The van der Waals surface area contributed by atoms with Crippen LogP contribution in [0.15, 0.2) is 67.4 Å². The van der Waals surface area contributed by atoms with Crippen molar-refractivity contribution in [3.8, 4) is 11.1 Å². The van der Waals surface area contributed by atoms with Crippen LogP contribution >= 0.6 is 0 Å². The molecule has 6 nitrogen and oxygen atoms in total. The summed E-state index contributed by atoms with van der Waals surface area (Å²) in [5, 5.41) is 4.81. The minimum absolute atomic E-state index is 0.370. The molecule has 0 bridgehead atoms. The molecule has 0 spiro atoms. The Balaban J connectivity index is 1.36. The Morgan fingerprint density at radius 2 is 1.89 bits per heavy atom. The van der Waals surface area contributed by atoms with Gasteiger partial charge < -0.3 is 0 Å². The summed E-state index contributed by atoms with van der Waals surface area (Å²) in [6.07, 6.45) is 11.8. The summed E-state index contributed by atoms with van der Waals surface area (Å²) in [4.78, 5) is 15.6. The van der Waals surface area contributed by atoms with Crippen molar-refractivity contribution in [2.75, 3.05) is 13.1 Å². The van der Waals surface area contributed by atoms with E-state index in [-0.39, 0.29) is 0 Å². The Kier molecular flexibility index (Phi) is 4.54. The highest BCUT2D eigenvalue weighted by Crippen LogP contribution is 2.27. The van der Waals surface area contributed by atoms with Crippen LogP contribution in [-0.4, -0.2) is 42.6 Å². The normalized spacial score (nSPS) is 17.8. The maximum absolute atomic E-state index is 4.81. The molecule has 1 aliphatic rings. The summed E-state index contributed by atoms with van der Waals surface area (Å²) in [7, 11) is 0. The van der Waals surface area contributed by atoms with Gasteiger partial charge in [0, 0.05) is 55.6 Å². The molecule has 28 heavy (non-hydrogen) atoms. The largest absolute Gasteiger partial charge is 0.298 e. The van der Waals surface area contributed by atoms with E-state index >= 15 is 0 Å². The lowest BCUT2D eigenvalue weighted by molar-refractivity contribution is 0.196. The molecule has 5 heterocycles. The number of aromatic nitrogens is 5. The van der Waals surface area contributed by atoms with Crippen molar-refractivity contribution in [2.45, 2.75) is 25.3 Å². The zero-order valence-corrected chi connectivity index (χ0v) is 15.6. The third-order valence-electron chi connectivity index (χ3n) is 5.36. The Hall–Kier alpha value is -3.12. The lowest BCUT2D eigenvalue weighted by Crippen LogP contribution is -2.34. The Morgan fingerprint density at radius 3 is 2.75 bits per heavy atom. The molecule has 5 rings (SSSR count). The zero-order valence-electron chi connectivity index (χ0n) is 15.6. The third kappa shape index (κ3) is 3.51. The molecule has 0 N–H and O–H groups in total. The third-order valence-corrected chi connectivity index (χ3v) is 5.36. The van der Waals surface area contributed by atoms with Crippen molar-refractivity contribution in [3.05, 3.63) is 78.8 Å². The summed E-state index contributed by atoms with van der Waals surface area (Å²) < 4.78 is 1.91. The molecule has 140 valence electrons. The summed E-state index contributed by atoms with van der Waals surface area (Å²) in [6.45, 7) is 3.04. The molecular formula is C22H22N6. The van der Waals surface area contributed by atoms with Crippen LogP contribution in [0.25, 0.3) is 16.8 Å². The Labute approximate surface area is 163 Å². The van der Waals surface area contributed by atoms with E-state index < -0.39 is 0 Å². The summed E-state index contributed by atoms with van der Waals surface area (Å²) in [5.41, 5.74) is 4.41. The number of likely N-dealkylation sites (tertiary alicyclic amines) is 1. The summed E-state index contributed by atoms with van der Waals surface area (Å²) in [5.74, 6) is 1.32. The first-order chi connectivity index (χ1) is 13.8. The molecule has 4 aromatic heterocycles. The van der Waals surface area contributed by atoms with Crippen LogP contribution in [0.2, 0.25) is 0 Å². The number of pyridine rings is 3. The number of hydrogen-bond donors (Lipinski definition) is 0. The van der Waals surface area contributed by atoms with Gasteiger partial charge in [-0.2, -0.15) is 5.10 Å². The highest BCUT2D eigenvalue weighted by molar-refractivity contribution is 5.63. The van der Waals surface area contributed by atoms with Crippen LogP contribution in [0.1, 0.15) is 30.1 Å². The average Bonchev–Trinajstić information content (AvgIpc) is 3.19. The predicted molar refractivity (Wildman–Crippen MR) is 108 cm³/mol. The van der Waals surface area contributed by atoms with Crippen molar-refractivity contribution in [1.29, 1.82) is 0 Å². The quantitative estimate of drug-likeness (QED) is 0.550. The van der Waals surface area contributed by atoms with Gasteiger partial charge in [0.2, 0.25) is 0 Å². The van der Waals surface area contributed by atoms with Gasteiger partial charge in [0.05, 0.1) is 0 Å². The van der Waals surface area contributed by atoms with Crippen LogP contribution in [-0.2, 0) is 6.54 Å². The number of fused-ring (bicyclic) bond motifs is 1. The number of hydrogen-bond acceptors (Lipinski definition) is 5.